The van der Waals surface area contributed by atoms with Gasteiger partial charge in [-0.1, -0.05) is 29.8 Å². The summed E-state index contributed by atoms with van der Waals surface area (Å²) in [7, 11) is 1.55. The molecule has 0 unspecified atom stereocenters. The van der Waals surface area contributed by atoms with Crippen LogP contribution in [0.2, 0.25) is 5.02 Å². The van der Waals surface area contributed by atoms with Crippen molar-refractivity contribution in [3.63, 3.8) is 0 Å². The van der Waals surface area contributed by atoms with Crippen molar-refractivity contribution < 1.29 is 9.53 Å². The maximum atomic E-state index is 12.9. The Morgan fingerprint density at radius 1 is 1.14 bits per heavy atom. The summed E-state index contributed by atoms with van der Waals surface area (Å²) in [6, 6.07) is 13.0. The highest BCUT2D eigenvalue weighted by atomic mass is 35.5. The molecular formula is C21H18ClN5O2. The predicted octanol–water partition coefficient (Wildman–Crippen LogP) is 4.32. The molecule has 8 heteroatoms. The monoisotopic (exact) mass is 407 g/mol. The number of nitrogens with one attached hydrogen (secondary N) is 1. The van der Waals surface area contributed by atoms with Gasteiger partial charge in [-0.05, 0) is 49.2 Å². The molecule has 0 aliphatic carbocycles. The van der Waals surface area contributed by atoms with Gasteiger partial charge in [0.1, 0.15) is 5.75 Å². The Morgan fingerprint density at radius 2 is 1.97 bits per heavy atom. The Kier molecular flexibility index (Phi) is 4.90. The number of carbonyl (C=O) groups excluding carboxylic acids is 1. The number of anilines is 1. The molecule has 4 rings (SSSR count). The van der Waals surface area contributed by atoms with E-state index in [-0.39, 0.29) is 11.6 Å². The van der Waals surface area contributed by atoms with Crippen LogP contribution in [0.25, 0.3) is 16.8 Å². The Hall–Kier alpha value is -3.45. The van der Waals surface area contributed by atoms with E-state index in [1.54, 1.807) is 36.9 Å². The predicted molar refractivity (Wildman–Crippen MR) is 112 cm³/mol. The van der Waals surface area contributed by atoms with E-state index < -0.39 is 0 Å². The molecule has 146 valence electrons. The number of benzene rings is 2. The Balaban J connectivity index is 1.72. The van der Waals surface area contributed by atoms with Crippen LogP contribution < -0.4 is 10.1 Å². The summed E-state index contributed by atoms with van der Waals surface area (Å²) in [5, 5.41) is 16.3. The minimum absolute atomic E-state index is 0.182. The zero-order valence-corrected chi connectivity index (χ0v) is 16.9. The standard InChI is InChI=1S/C21H18ClN5O2/c1-12-7-8-18(29-3)17(9-12)24-21(28)19-13(2)27-20(26-25-19)16(11-23-27)14-5-4-6-15(22)10-14/h4-11H,1-3H3,(H,24,28). The minimum Gasteiger partial charge on any atom is -0.495 e. The van der Waals surface area contributed by atoms with Crippen LogP contribution in [-0.2, 0) is 0 Å². The first kappa shape index (κ1) is 18.9. The number of fused-ring (bicyclic) bond motifs is 1. The van der Waals surface area contributed by atoms with Crippen molar-refractivity contribution in [3.05, 3.63) is 70.6 Å². The smallest absolute Gasteiger partial charge is 0.278 e. The number of hydrogen-bond donors (Lipinski definition) is 1. The van der Waals surface area contributed by atoms with Crippen molar-refractivity contribution in [3.8, 4) is 16.9 Å². The van der Waals surface area contributed by atoms with Gasteiger partial charge in [0.05, 0.1) is 24.7 Å². The third kappa shape index (κ3) is 3.52. The van der Waals surface area contributed by atoms with E-state index in [9.17, 15) is 4.79 Å². The van der Waals surface area contributed by atoms with Gasteiger partial charge < -0.3 is 10.1 Å². The number of aryl methyl sites for hydroxylation is 2. The number of aromatic nitrogens is 4. The maximum absolute atomic E-state index is 12.9. The number of ether oxygens (including phenoxy) is 1. The molecule has 29 heavy (non-hydrogen) atoms. The van der Waals surface area contributed by atoms with E-state index >= 15 is 0 Å². The van der Waals surface area contributed by atoms with Crippen molar-refractivity contribution in [2.45, 2.75) is 13.8 Å². The first-order valence-electron chi connectivity index (χ1n) is 8.91. The average molecular weight is 408 g/mol. The molecule has 0 radical (unpaired) electrons. The fourth-order valence-electron chi connectivity index (χ4n) is 3.12. The van der Waals surface area contributed by atoms with E-state index in [2.05, 4.69) is 20.6 Å². The summed E-state index contributed by atoms with van der Waals surface area (Å²) in [4.78, 5) is 12.9. The van der Waals surface area contributed by atoms with Crippen LogP contribution in [0.5, 0.6) is 5.75 Å². The molecule has 0 fully saturated rings. The molecule has 0 aliphatic rings. The summed E-state index contributed by atoms with van der Waals surface area (Å²) in [5.74, 6) is 0.179. The van der Waals surface area contributed by atoms with Gasteiger partial charge in [0, 0.05) is 10.6 Å². The molecule has 2 aromatic heterocycles. The van der Waals surface area contributed by atoms with Gasteiger partial charge in [-0.15, -0.1) is 10.2 Å². The summed E-state index contributed by atoms with van der Waals surface area (Å²) in [6.07, 6.45) is 1.69. The van der Waals surface area contributed by atoms with Crippen LogP contribution >= 0.6 is 11.6 Å². The summed E-state index contributed by atoms with van der Waals surface area (Å²) >= 11 is 6.10. The lowest BCUT2D eigenvalue weighted by molar-refractivity contribution is 0.101. The minimum atomic E-state index is -0.388. The molecule has 2 aromatic carbocycles. The number of carbonyl (C=O) groups is 1. The fraction of sp³-hybridized carbons (Fsp3) is 0.143. The zero-order chi connectivity index (χ0) is 20.5. The molecule has 1 N–H and O–H groups in total. The van der Waals surface area contributed by atoms with Crippen molar-refractivity contribution in [2.24, 2.45) is 0 Å². The SMILES string of the molecule is COc1ccc(C)cc1NC(=O)c1nnc2c(-c3cccc(Cl)c3)cnn2c1C. The number of nitrogens with zero attached hydrogens (tertiary/aromatic N) is 4. The lowest BCUT2D eigenvalue weighted by Gasteiger charge is -2.11. The third-order valence-corrected chi connectivity index (χ3v) is 4.84. The highest BCUT2D eigenvalue weighted by Crippen LogP contribution is 2.28. The van der Waals surface area contributed by atoms with Gasteiger partial charge >= 0.3 is 0 Å². The third-order valence-electron chi connectivity index (χ3n) is 4.60. The average Bonchev–Trinajstić information content (AvgIpc) is 3.13. The molecule has 7 nitrogen and oxygen atoms in total. The van der Waals surface area contributed by atoms with Crippen molar-refractivity contribution in [1.29, 1.82) is 0 Å². The van der Waals surface area contributed by atoms with E-state index in [4.69, 9.17) is 16.3 Å². The van der Waals surface area contributed by atoms with Crippen molar-refractivity contribution >= 4 is 28.8 Å². The first-order valence-corrected chi connectivity index (χ1v) is 9.28. The lowest BCUT2D eigenvalue weighted by atomic mass is 10.1. The van der Waals surface area contributed by atoms with Gasteiger partial charge in [-0.3, -0.25) is 4.79 Å². The molecule has 0 bridgehead atoms. The van der Waals surface area contributed by atoms with Crippen LogP contribution in [0.1, 0.15) is 21.7 Å². The molecule has 0 aliphatic heterocycles. The second-order valence-corrected chi connectivity index (χ2v) is 7.03. The summed E-state index contributed by atoms with van der Waals surface area (Å²) < 4.78 is 6.92. The molecule has 2 heterocycles. The molecule has 4 aromatic rings. The van der Waals surface area contributed by atoms with Gasteiger partial charge in [-0.25, -0.2) is 4.52 Å². The zero-order valence-electron chi connectivity index (χ0n) is 16.1. The highest BCUT2D eigenvalue weighted by molar-refractivity contribution is 6.30. The normalized spacial score (nSPS) is 10.9. The van der Waals surface area contributed by atoms with Crippen LogP contribution in [0.4, 0.5) is 5.69 Å². The van der Waals surface area contributed by atoms with Gasteiger partial charge in [0.2, 0.25) is 0 Å². The van der Waals surface area contributed by atoms with E-state index in [0.717, 1.165) is 16.7 Å². The molecule has 0 atom stereocenters. The fourth-order valence-corrected chi connectivity index (χ4v) is 3.31. The number of hydrogen-bond acceptors (Lipinski definition) is 5. The van der Waals surface area contributed by atoms with E-state index in [1.165, 1.54) is 0 Å². The molecule has 0 saturated heterocycles. The Morgan fingerprint density at radius 3 is 2.72 bits per heavy atom. The lowest BCUT2D eigenvalue weighted by Crippen LogP contribution is -2.19. The van der Waals surface area contributed by atoms with Gasteiger partial charge in [0.15, 0.2) is 11.3 Å². The van der Waals surface area contributed by atoms with E-state index in [1.807, 2.05) is 37.3 Å². The number of halogens is 1. The molecular weight excluding hydrogens is 390 g/mol. The number of amides is 1. The topological polar surface area (TPSA) is 81.4 Å². The first-order chi connectivity index (χ1) is 14.0. The summed E-state index contributed by atoms with van der Waals surface area (Å²) in [6.45, 7) is 3.71. The van der Waals surface area contributed by atoms with E-state index in [0.29, 0.717) is 27.8 Å². The van der Waals surface area contributed by atoms with Crippen LogP contribution in [-0.4, -0.2) is 32.8 Å². The van der Waals surface area contributed by atoms with Gasteiger partial charge in [-0.2, -0.15) is 5.10 Å². The Bertz CT molecular complexity index is 1240. The molecule has 0 spiro atoms. The highest BCUT2D eigenvalue weighted by Gasteiger charge is 2.19. The van der Waals surface area contributed by atoms with Crippen LogP contribution in [0, 0.1) is 13.8 Å². The number of methoxy groups -OCH3 is 1. The second-order valence-electron chi connectivity index (χ2n) is 6.60. The van der Waals surface area contributed by atoms with Gasteiger partial charge in [0.25, 0.3) is 5.91 Å². The summed E-state index contributed by atoms with van der Waals surface area (Å²) in [5.41, 5.74) is 4.54. The molecule has 0 saturated carbocycles. The van der Waals surface area contributed by atoms with Crippen LogP contribution in [0.15, 0.2) is 48.7 Å². The van der Waals surface area contributed by atoms with Crippen LogP contribution in [0.3, 0.4) is 0 Å². The number of rotatable bonds is 4. The quantitative estimate of drug-likeness (QED) is 0.544. The van der Waals surface area contributed by atoms with Crippen molar-refractivity contribution in [1.82, 2.24) is 19.8 Å². The molecule has 1 amide bonds. The van der Waals surface area contributed by atoms with Crippen molar-refractivity contribution in [2.75, 3.05) is 12.4 Å². The Labute approximate surface area is 172 Å². The largest absolute Gasteiger partial charge is 0.495 e. The maximum Gasteiger partial charge on any atom is 0.278 e. The second kappa shape index (κ2) is 7.52.